The Bertz CT molecular complexity index is 1030. The lowest BCUT2D eigenvalue weighted by Gasteiger charge is -2.17. The van der Waals surface area contributed by atoms with Crippen LogP contribution in [0.3, 0.4) is 0 Å². The molecule has 0 unspecified atom stereocenters. The van der Waals surface area contributed by atoms with Crippen LogP contribution >= 0.6 is 11.3 Å². The highest BCUT2D eigenvalue weighted by Gasteiger charge is 2.42. The van der Waals surface area contributed by atoms with Crippen LogP contribution in [0.15, 0.2) is 11.0 Å². The number of nitrogens with zero attached hydrogens (tertiary/aromatic N) is 3. The standard InChI is InChI=1S/C18H19N5OS/c24-18-16-13(20-17(21-18)14-9-4-6-23(14)7-5-9)10-2-1-3-12-11(8-19-22-12)15(10)25-16/h8-9,14H,1-7H2,(H,19,22)(H,20,21,24)/t14-/m1/s1. The third-order valence-electron chi connectivity index (χ3n) is 6.17. The maximum Gasteiger partial charge on any atom is 0.268 e. The van der Waals surface area contributed by atoms with E-state index in [0.717, 1.165) is 54.0 Å². The highest BCUT2D eigenvalue weighted by atomic mass is 32.1. The zero-order valence-electron chi connectivity index (χ0n) is 13.8. The topological polar surface area (TPSA) is 77.7 Å². The molecule has 1 aliphatic carbocycles. The van der Waals surface area contributed by atoms with Crippen molar-refractivity contribution in [3.05, 3.63) is 33.6 Å². The first-order valence-electron chi connectivity index (χ1n) is 9.12. The van der Waals surface area contributed by atoms with Gasteiger partial charge in [-0.3, -0.25) is 14.8 Å². The summed E-state index contributed by atoms with van der Waals surface area (Å²) < 4.78 is 0.767. The van der Waals surface area contributed by atoms with Crippen molar-refractivity contribution in [2.75, 3.05) is 13.1 Å². The molecule has 3 aromatic rings. The van der Waals surface area contributed by atoms with Gasteiger partial charge >= 0.3 is 0 Å². The average Bonchev–Trinajstić information content (AvgIpc) is 3.37. The van der Waals surface area contributed by atoms with Gasteiger partial charge in [0.15, 0.2) is 0 Å². The van der Waals surface area contributed by atoms with Crippen LogP contribution in [0.1, 0.15) is 42.4 Å². The second-order valence-corrected chi connectivity index (χ2v) is 8.49. The Kier molecular flexibility index (Phi) is 2.85. The van der Waals surface area contributed by atoms with Crippen molar-refractivity contribution in [1.82, 2.24) is 25.1 Å². The minimum atomic E-state index is 0.0237. The number of H-pyrrole nitrogens is 2. The van der Waals surface area contributed by atoms with Gasteiger partial charge in [0.2, 0.25) is 0 Å². The zero-order valence-corrected chi connectivity index (χ0v) is 14.7. The number of aryl methyl sites for hydroxylation is 2. The predicted molar refractivity (Wildman–Crippen MR) is 96.9 cm³/mol. The summed E-state index contributed by atoms with van der Waals surface area (Å²) in [5, 5.41) is 7.33. The molecule has 7 heteroatoms. The Morgan fingerprint density at radius 2 is 2.12 bits per heavy atom. The molecule has 0 aromatic carbocycles. The molecule has 2 fully saturated rings. The lowest BCUT2D eigenvalue weighted by atomic mass is 9.99. The number of aromatic amines is 2. The maximum atomic E-state index is 12.8. The number of thiophene rings is 1. The van der Waals surface area contributed by atoms with Crippen molar-refractivity contribution in [2.45, 2.75) is 38.1 Å². The van der Waals surface area contributed by atoms with Gasteiger partial charge in [0, 0.05) is 16.1 Å². The molecule has 128 valence electrons. The quantitative estimate of drug-likeness (QED) is 0.705. The molecular formula is C18H19N5OS. The number of hydrogen-bond acceptors (Lipinski definition) is 5. The Morgan fingerprint density at radius 3 is 2.92 bits per heavy atom. The summed E-state index contributed by atoms with van der Waals surface area (Å²) in [6, 6.07) is 0.308. The van der Waals surface area contributed by atoms with Crippen molar-refractivity contribution in [3.8, 4) is 10.4 Å². The van der Waals surface area contributed by atoms with E-state index in [9.17, 15) is 4.79 Å². The summed E-state index contributed by atoms with van der Waals surface area (Å²) in [6.45, 7) is 2.27. The lowest BCUT2D eigenvalue weighted by molar-refractivity contribution is 0.295. The van der Waals surface area contributed by atoms with E-state index in [1.807, 2.05) is 6.20 Å². The van der Waals surface area contributed by atoms with E-state index in [2.05, 4.69) is 20.1 Å². The molecule has 3 aromatic heterocycles. The fourth-order valence-corrected chi connectivity index (χ4v) is 6.21. The Balaban J connectivity index is 1.58. The van der Waals surface area contributed by atoms with Gasteiger partial charge in [0.25, 0.3) is 5.56 Å². The van der Waals surface area contributed by atoms with E-state index in [-0.39, 0.29) is 5.56 Å². The number of hydrogen-bond donors (Lipinski definition) is 2. The highest BCUT2D eigenvalue weighted by Crippen LogP contribution is 2.45. The smallest absolute Gasteiger partial charge is 0.268 e. The minimum absolute atomic E-state index is 0.0237. The van der Waals surface area contributed by atoms with Crippen LogP contribution in [0, 0.1) is 5.92 Å². The summed E-state index contributed by atoms with van der Waals surface area (Å²) in [6.07, 6.45) is 7.40. The van der Waals surface area contributed by atoms with Crippen LogP contribution in [0.2, 0.25) is 0 Å². The molecule has 2 N–H and O–H groups in total. The van der Waals surface area contributed by atoms with Crippen molar-refractivity contribution in [1.29, 1.82) is 0 Å². The summed E-state index contributed by atoms with van der Waals surface area (Å²) >= 11 is 1.58. The van der Waals surface area contributed by atoms with Crippen molar-refractivity contribution >= 4 is 21.6 Å². The molecule has 2 saturated heterocycles. The lowest BCUT2D eigenvalue weighted by Crippen LogP contribution is -2.23. The average molecular weight is 353 g/mol. The Morgan fingerprint density at radius 1 is 1.24 bits per heavy atom. The molecule has 0 amide bonds. The maximum absolute atomic E-state index is 12.8. The second-order valence-electron chi connectivity index (χ2n) is 7.47. The van der Waals surface area contributed by atoms with Gasteiger partial charge in [0.1, 0.15) is 10.5 Å². The fourth-order valence-electron chi connectivity index (χ4n) is 4.99. The molecule has 25 heavy (non-hydrogen) atoms. The van der Waals surface area contributed by atoms with Crippen LogP contribution in [-0.4, -0.2) is 38.2 Å². The highest BCUT2D eigenvalue weighted by molar-refractivity contribution is 7.22. The summed E-state index contributed by atoms with van der Waals surface area (Å²) in [4.78, 5) is 24.6. The van der Waals surface area contributed by atoms with Gasteiger partial charge in [-0.05, 0) is 56.7 Å². The van der Waals surface area contributed by atoms with E-state index in [0.29, 0.717) is 12.0 Å². The number of aromatic nitrogens is 4. The number of nitrogens with one attached hydrogen (secondary N) is 2. The molecule has 0 saturated carbocycles. The number of piperidine rings is 1. The molecule has 6 rings (SSSR count). The number of rotatable bonds is 1. The SMILES string of the molecule is O=c1[nH]c([C@H]2C3CCN2CC3)nc2c3c(sc12)-c1cn[nH]c1CCC3. The molecular weight excluding hydrogens is 334 g/mol. The van der Waals surface area contributed by atoms with Crippen molar-refractivity contribution in [3.63, 3.8) is 0 Å². The van der Waals surface area contributed by atoms with E-state index in [1.165, 1.54) is 29.0 Å². The molecule has 0 spiro atoms. The van der Waals surface area contributed by atoms with Crippen LogP contribution in [0.5, 0.6) is 0 Å². The van der Waals surface area contributed by atoms with Gasteiger partial charge in [-0.1, -0.05) is 0 Å². The first-order chi connectivity index (χ1) is 12.3. The van der Waals surface area contributed by atoms with Crippen molar-refractivity contribution < 1.29 is 0 Å². The van der Waals surface area contributed by atoms with E-state index in [4.69, 9.17) is 4.98 Å². The molecule has 6 nitrogen and oxygen atoms in total. The van der Waals surface area contributed by atoms with Crippen LogP contribution in [0.4, 0.5) is 0 Å². The molecule has 5 heterocycles. The third-order valence-corrected chi connectivity index (χ3v) is 7.42. The fraction of sp³-hybridized carbons (Fsp3) is 0.500. The van der Waals surface area contributed by atoms with E-state index < -0.39 is 0 Å². The Labute approximate surface area is 148 Å². The van der Waals surface area contributed by atoms with Gasteiger partial charge in [0.05, 0.1) is 17.8 Å². The van der Waals surface area contributed by atoms with Crippen molar-refractivity contribution in [2.24, 2.45) is 5.92 Å². The summed E-state index contributed by atoms with van der Waals surface area (Å²) in [7, 11) is 0. The molecule has 3 aliphatic rings. The second kappa shape index (κ2) is 5.02. The molecule has 0 radical (unpaired) electrons. The summed E-state index contributed by atoms with van der Waals surface area (Å²) in [5.41, 5.74) is 4.53. The van der Waals surface area contributed by atoms with Crippen LogP contribution < -0.4 is 5.56 Å². The zero-order chi connectivity index (χ0) is 16.5. The van der Waals surface area contributed by atoms with E-state index >= 15 is 0 Å². The largest absolute Gasteiger partial charge is 0.308 e. The van der Waals surface area contributed by atoms with Gasteiger partial charge in [-0.2, -0.15) is 5.10 Å². The van der Waals surface area contributed by atoms with Gasteiger partial charge in [-0.25, -0.2) is 4.98 Å². The predicted octanol–water partition coefficient (Wildman–Crippen LogP) is 2.63. The van der Waals surface area contributed by atoms with Crippen LogP contribution in [-0.2, 0) is 12.8 Å². The normalized spacial score (nSPS) is 27.4. The van der Waals surface area contributed by atoms with Crippen LogP contribution in [0.25, 0.3) is 20.7 Å². The minimum Gasteiger partial charge on any atom is -0.308 e. The molecule has 2 aliphatic heterocycles. The third kappa shape index (κ3) is 1.91. The molecule has 1 atom stereocenters. The monoisotopic (exact) mass is 353 g/mol. The Hall–Kier alpha value is -1.99. The summed E-state index contributed by atoms with van der Waals surface area (Å²) in [5.74, 6) is 1.54. The van der Waals surface area contributed by atoms with Gasteiger partial charge in [-0.15, -0.1) is 11.3 Å². The van der Waals surface area contributed by atoms with E-state index in [1.54, 1.807) is 11.3 Å². The molecule has 2 bridgehead atoms. The first-order valence-corrected chi connectivity index (χ1v) is 9.93. The number of fused-ring (bicyclic) bond motifs is 7. The van der Waals surface area contributed by atoms with Gasteiger partial charge < -0.3 is 4.98 Å². The first kappa shape index (κ1) is 14.2.